The lowest BCUT2D eigenvalue weighted by molar-refractivity contribution is -0.141. The van der Waals surface area contributed by atoms with Gasteiger partial charge in [-0.05, 0) is 13.3 Å². The predicted octanol–water partition coefficient (Wildman–Crippen LogP) is 1.03. The van der Waals surface area contributed by atoms with Gasteiger partial charge in [-0.3, -0.25) is 9.59 Å². The highest BCUT2D eigenvalue weighted by molar-refractivity contribution is 6.30. The van der Waals surface area contributed by atoms with Crippen LogP contribution < -0.4 is 0 Å². The molecule has 14 heavy (non-hydrogen) atoms. The van der Waals surface area contributed by atoms with Crippen molar-refractivity contribution in [1.29, 1.82) is 0 Å². The number of halogens is 1. The summed E-state index contributed by atoms with van der Waals surface area (Å²) in [5.41, 5.74) is 0. The summed E-state index contributed by atoms with van der Waals surface area (Å²) in [6.07, 6.45) is 0.920. The monoisotopic (exact) mass is 221 g/mol. The van der Waals surface area contributed by atoms with Gasteiger partial charge >= 0.3 is 5.97 Å². The molecule has 82 valence electrons. The van der Waals surface area contributed by atoms with Crippen LogP contribution in [0, 0.1) is 0 Å². The zero-order valence-electron chi connectivity index (χ0n) is 8.75. The summed E-state index contributed by atoms with van der Waals surface area (Å²) in [5, 5.41) is -0.516. The molecule has 0 spiro atoms. The minimum absolute atomic E-state index is 0.128. The highest BCUT2D eigenvalue weighted by Crippen LogP contribution is 2.01. The number of methoxy groups -OCH3 is 1. The van der Waals surface area contributed by atoms with Gasteiger partial charge in [0.1, 0.15) is 5.38 Å². The quantitative estimate of drug-likeness (QED) is 0.515. The van der Waals surface area contributed by atoms with E-state index in [1.54, 1.807) is 14.0 Å². The first-order valence-corrected chi connectivity index (χ1v) is 4.88. The number of hydrogen-bond donors (Lipinski definition) is 0. The molecular weight excluding hydrogens is 206 g/mol. The van der Waals surface area contributed by atoms with Crippen LogP contribution in [-0.2, 0) is 14.3 Å². The lowest BCUT2D eigenvalue weighted by atomic mass is 10.3. The first-order chi connectivity index (χ1) is 6.49. The van der Waals surface area contributed by atoms with Crippen molar-refractivity contribution in [3.8, 4) is 0 Å². The van der Waals surface area contributed by atoms with Crippen molar-refractivity contribution >= 4 is 23.5 Å². The molecule has 0 saturated heterocycles. The van der Waals surface area contributed by atoms with Crippen LogP contribution in [-0.4, -0.2) is 42.9 Å². The Balaban J connectivity index is 3.69. The normalized spacial score (nSPS) is 12.0. The molecule has 5 heteroatoms. The molecule has 0 aromatic carbocycles. The Kier molecular flexibility index (Phi) is 6.28. The smallest absolute Gasteiger partial charge is 0.305 e. The fourth-order valence-corrected chi connectivity index (χ4v) is 1.14. The second-order valence-electron chi connectivity index (χ2n) is 3.06. The Labute approximate surface area is 89.2 Å². The molecule has 0 N–H and O–H groups in total. The maximum atomic E-state index is 11.3. The molecule has 1 unspecified atom stereocenters. The molecule has 4 nitrogen and oxygen atoms in total. The van der Waals surface area contributed by atoms with Gasteiger partial charge in [-0.25, -0.2) is 0 Å². The third-order valence-electron chi connectivity index (χ3n) is 1.82. The van der Waals surface area contributed by atoms with Crippen LogP contribution in [0.25, 0.3) is 0 Å². The highest BCUT2D eigenvalue weighted by Gasteiger charge is 2.14. The summed E-state index contributed by atoms with van der Waals surface area (Å²) in [5.74, 6) is -0.388. The van der Waals surface area contributed by atoms with E-state index in [0.717, 1.165) is 0 Å². The first kappa shape index (κ1) is 13.2. The lowest BCUT2D eigenvalue weighted by Crippen LogP contribution is -2.33. The summed E-state index contributed by atoms with van der Waals surface area (Å²) in [7, 11) is 3.01. The number of carbonyl (C=O) groups excluding carboxylic acids is 2. The van der Waals surface area contributed by atoms with Crippen molar-refractivity contribution in [2.24, 2.45) is 0 Å². The number of nitrogens with zero attached hydrogens (tertiary/aromatic N) is 1. The molecule has 1 amide bonds. The number of hydrogen-bond acceptors (Lipinski definition) is 3. The molecule has 0 radical (unpaired) electrons. The summed E-state index contributed by atoms with van der Waals surface area (Å²) < 4.78 is 4.47. The first-order valence-electron chi connectivity index (χ1n) is 4.45. The lowest BCUT2D eigenvalue weighted by Gasteiger charge is -2.17. The molecule has 0 aromatic heterocycles. The third kappa shape index (κ3) is 5.07. The maximum Gasteiger partial charge on any atom is 0.305 e. The van der Waals surface area contributed by atoms with E-state index in [4.69, 9.17) is 11.6 Å². The van der Waals surface area contributed by atoms with Gasteiger partial charge < -0.3 is 9.64 Å². The molecule has 0 aromatic rings. The zero-order chi connectivity index (χ0) is 11.1. The summed E-state index contributed by atoms with van der Waals surface area (Å²) in [6.45, 7) is 2.14. The second kappa shape index (κ2) is 6.65. The number of alkyl halides is 1. The molecule has 0 heterocycles. The van der Waals surface area contributed by atoms with Gasteiger partial charge in [0, 0.05) is 20.0 Å². The second-order valence-corrected chi connectivity index (χ2v) is 3.71. The van der Waals surface area contributed by atoms with Gasteiger partial charge in [-0.15, -0.1) is 11.6 Å². The van der Waals surface area contributed by atoms with Crippen molar-refractivity contribution in [3.63, 3.8) is 0 Å². The Hall–Kier alpha value is -0.770. The minimum Gasteiger partial charge on any atom is -0.469 e. The standard InChI is InChI=1S/C9H16ClNO3/c1-7(10)9(13)11(2)6-4-5-8(12)14-3/h7H,4-6H2,1-3H3. The fourth-order valence-electron chi connectivity index (χ4n) is 0.977. The van der Waals surface area contributed by atoms with Crippen molar-refractivity contribution < 1.29 is 14.3 Å². The molecular formula is C9H16ClNO3. The SMILES string of the molecule is COC(=O)CCCN(C)C(=O)C(C)Cl. The number of amides is 1. The molecule has 0 aliphatic rings. The van der Waals surface area contributed by atoms with E-state index < -0.39 is 5.38 Å². The predicted molar refractivity (Wildman–Crippen MR) is 54.2 cm³/mol. The van der Waals surface area contributed by atoms with E-state index in [0.29, 0.717) is 19.4 Å². The molecule has 0 saturated carbocycles. The van der Waals surface area contributed by atoms with Crippen molar-refractivity contribution in [3.05, 3.63) is 0 Å². The summed E-state index contributed by atoms with van der Waals surface area (Å²) in [4.78, 5) is 23.5. The Bertz CT molecular complexity index is 206. The fraction of sp³-hybridized carbons (Fsp3) is 0.778. The number of ether oxygens (including phenoxy) is 1. The van der Waals surface area contributed by atoms with Crippen LogP contribution in [0.4, 0.5) is 0 Å². The Morgan fingerprint density at radius 3 is 2.50 bits per heavy atom. The number of carbonyl (C=O) groups is 2. The van der Waals surface area contributed by atoms with E-state index in [9.17, 15) is 9.59 Å². The average molecular weight is 222 g/mol. The highest BCUT2D eigenvalue weighted by atomic mass is 35.5. The van der Waals surface area contributed by atoms with E-state index in [1.165, 1.54) is 12.0 Å². The van der Waals surface area contributed by atoms with Gasteiger partial charge in [-0.2, -0.15) is 0 Å². The van der Waals surface area contributed by atoms with Crippen LogP contribution in [0.5, 0.6) is 0 Å². The van der Waals surface area contributed by atoms with Crippen LogP contribution in [0.2, 0.25) is 0 Å². The van der Waals surface area contributed by atoms with Gasteiger partial charge in [0.15, 0.2) is 0 Å². The van der Waals surface area contributed by atoms with E-state index in [1.807, 2.05) is 0 Å². The van der Waals surface area contributed by atoms with Crippen LogP contribution in [0.15, 0.2) is 0 Å². The van der Waals surface area contributed by atoms with Gasteiger partial charge in [0.25, 0.3) is 0 Å². The zero-order valence-corrected chi connectivity index (χ0v) is 9.50. The van der Waals surface area contributed by atoms with Crippen molar-refractivity contribution in [2.45, 2.75) is 25.1 Å². The van der Waals surface area contributed by atoms with Crippen LogP contribution in [0.1, 0.15) is 19.8 Å². The summed E-state index contributed by atoms with van der Waals surface area (Å²) >= 11 is 5.61. The average Bonchev–Trinajstić information content (AvgIpc) is 2.15. The van der Waals surface area contributed by atoms with Gasteiger partial charge in [-0.1, -0.05) is 0 Å². The largest absolute Gasteiger partial charge is 0.469 e. The Morgan fingerprint density at radius 2 is 2.07 bits per heavy atom. The topological polar surface area (TPSA) is 46.6 Å². The molecule has 0 fully saturated rings. The molecule has 0 aliphatic carbocycles. The van der Waals surface area contributed by atoms with E-state index in [-0.39, 0.29) is 11.9 Å². The molecule has 0 bridgehead atoms. The van der Waals surface area contributed by atoms with Gasteiger partial charge in [0.05, 0.1) is 7.11 Å². The van der Waals surface area contributed by atoms with E-state index in [2.05, 4.69) is 4.74 Å². The minimum atomic E-state index is -0.516. The molecule has 0 rings (SSSR count). The van der Waals surface area contributed by atoms with Crippen LogP contribution >= 0.6 is 11.6 Å². The maximum absolute atomic E-state index is 11.3. The van der Waals surface area contributed by atoms with E-state index >= 15 is 0 Å². The molecule has 1 atom stereocenters. The van der Waals surface area contributed by atoms with Crippen molar-refractivity contribution in [2.75, 3.05) is 20.7 Å². The Morgan fingerprint density at radius 1 is 1.50 bits per heavy atom. The van der Waals surface area contributed by atoms with Crippen molar-refractivity contribution in [1.82, 2.24) is 4.90 Å². The number of rotatable bonds is 5. The van der Waals surface area contributed by atoms with Gasteiger partial charge in [0.2, 0.25) is 5.91 Å². The third-order valence-corrected chi connectivity index (χ3v) is 2.01. The van der Waals surface area contributed by atoms with Crippen LogP contribution in [0.3, 0.4) is 0 Å². The number of esters is 1. The molecule has 0 aliphatic heterocycles. The summed E-state index contributed by atoms with van der Waals surface area (Å²) in [6, 6.07) is 0.